The maximum Gasteiger partial charge on any atom is 0.231 e. The van der Waals surface area contributed by atoms with Crippen LogP contribution in [0.3, 0.4) is 0 Å². The van der Waals surface area contributed by atoms with E-state index in [1.165, 1.54) is 19.3 Å². The van der Waals surface area contributed by atoms with Crippen LogP contribution in [0.2, 0.25) is 0 Å². The van der Waals surface area contributed by atoms with Gasteiger partial charge in [-0.3, -0.25) is 0 Å². The number of rotatable bonds is 4. The fraction of sp³-hybridized carbons (Fsp3) is 0.278. The molecule has 25 heavy (non-hydrogen) atoms. The lowest BCUT2D eigenvalue weighted by Gasteiger charge is -2.27. The number of anilines is 3. The Hall–Kier alpha value is -3.09. The molecule has 4 aromatic rings. The smallest absolute Gasteiger partial charge is 0.231 e. The third-order valence-corrected chi connectivity index (χ3v) is 4.72. The Balaban J connectivity index is 1.50. The predicted octanol–water partition coefficient (Wildman–Crippen LogP) is 3.85. The molecule has 0 spiro atoms. The summed E-state index contributed by atoms with van der Waals surface area (Å²) in [7, 11) is 0. The van der Waals surface area contributed by atoms with Crippen LogP contribution in [-0.4, -0.2) is 31.0 Å². The van der Waals surface area contributed by atoms with E-state index in [0.717, 1.165) is 39.4 Å². The number of aryl methyl sites for hydroxylation is 1. The molecule has 7 nitrogen and oxygen atoms in total. The third kappa shape index (κ3) is 2.57. The number of nitrogens with one attached hydrogen (secondary N) is 4. The highest BCUT2D eigenvalue weighted by molar-refractivity contribution is 5.89. The molecule has 0 aliphatic heterocycles. The van der Waals surface area contributed by atoms with E-state index >= 15 is 0 Å². The van der Waals surface area contributed by atoms with Gasteiger partial charge >= 0.3 is 0 Å². The molecule has 3 heterocycles. The van der Waals surface area contributed by atoms with Crippen molar-refractivity contribution in [3.63, 3.8) is 0 Å². The van der Waals surface area contributed by atoms with Gasteiger partial charge in [0, 0.05) is 17.9 Å². The average molecular weight is 333 g/mol. The normalized spacial score (nSPS) is 14.8. The van der Waals surface area contributed by atoms with Gasteiger partial charge in [-0.25, -0.2) is 4.98 Å². The Kier molecular flexibility index (Phi) is 3.12. The molecule has 5 rings (SSSR count). The molecule has 0 saturated heterocycles. The van der Waals surface area contributed by atoms with Gasteiger partial charge in [0.05, 0.1) is 16.4 Å². The zero-order valence-electron chi connectivity index (χ0n) is 13.9. The summed E-state index contributed by atoms with van der Waals surface area (Å²) in [5, 5.41) is 7.87. The van der Waals surface area contributed by atoms with Gasteiger partial charge in [-0.15, -0.1) is 0 Å². The number of aromatic amines is 2. The molecule has 0 bridgehead atoms. The summed E-state index contributed by atoms with van der Waals surface area (Å²) in [5.41, 5.74) is 3.71. The molecule has 1 aliphatic rings. The molecule has 4 N–H and O–H groups in total. The van der Waals surface area contributed by atoms with E-state index in [-0.39, 0.29) is 0 Å². The molecule has 1 saturated carbocycles. The first-order valence-electron chi connectivity index (χ1n) is 8.60. The number of fused-ring (bicyclic) bond motifs is 2. The summed E-state index contributed by atoms with van der Waals surface area (Å²) < 4.78 is 0. The van der Waals surface area contributed by atoms with Crippen LogP contribution < -0.4 is 10.6 Å². The maximum absolute atomic E-state index is 4.70. The monoisotopic (exact) mass is 333 g/mol. The van der Waals surface area contributed by atoms with Crippen LogP contribution in [0.25, 0.3) is 22.1 Å². The first kappa shape index (κ1) is 14.3. The summed E-state index contributed by atoms with van der Waals surface area (Å²) in [5.74, 6) is 2.37. The van der Waals surface area contributed by atoms with Gasteiger partial charge < -0.3 is 20.6 Å². The van der Waals surface area contributed by atoms with E-state index < -0.39 is 0 Å². The topological polar surface area (TPSA) is 94.3 Å². The maximum atomic E-state index is 4.70. The van der Waals surface area contributed by atoms with E-state index in [4.69, 9.17) is 4.98 Å². The Labute approximate surface area is 144 Å². The fourth-order valence-corrected chi connectivity index (χ4v) is 3.20. The first-order chi connectivity index (χ1) is 12.2. The first-order valence-corrected chi connectivity index (χ1v) is 8.60. The van der Waals surface area contributed by atoms with Gasteiger partial charge in [-0.05, 0) is 50.5 Å². The van der Waals surface area contributed by atoms with Gasteiger partial charge in [0.2, 0.25) is 5.95 Å². The number of aromatic nitrogens is 5. The molecule has 126 valence electrons. The molecule has 0 unspecified atom stereocenters. The SMILES string of the molecule is Cc1nc2ccc(Nc3nc(NC4CCC4)c4cc[nH]c4n3)cc2[nH]1. The summed E-state index contributed by atoms with van der Waals surface area (Å²) in [6.45, 7) is 1.95. The van der Waals surface area contributed by atoms with E-state index in [0.29, 0.717) is 12.0 Å². The van der Waals surface area contributed by atoms with Crippen LogP contribution in [0, 0.1) is 6.92 Å². The molecule has 0 amide bonds. The molecule has 1 aliphatic carbocycles. The lowest BCUT2D eigenvalue weighted by Crippen LogP contribution is -2.27. The highest BCUT2D eigenvalue weighted by Crippen LogP contribution is 2.28. The molecular weight excluding hydrogens is 314 g/mol. The van der Waals surface area contributed by atoms with Crippen molar-refractivity contribution >= 4 is 39.5 Å². The van der Waals surface area contributed by atoms with Crippen molar-refractivity contribution in [1.29, 1.82) is 0 Å². The quantitative estimate of drug-likeness (QED) is 0.455. The highest BCUT2D eigenvalue weighted by Gasteiger charge is 2.19. The second-order valence-electron chi connectivity index (χ2n) is 6.59. The van der Waals surface area contributed by atoms with Gasteiger partial charge in [0.25, 0.3) is 0 Å². The van der Waals surface area contributed by atoms with Crippen molar-refractivity contribution in [3.05, 3.63) is 36.3 Å². The largest absolute Gasteiger partial charge is 0.367 e. The van der Waals surface area contributed by atoms with E-state index in [1.807, 2.05) is 37.4 Å². The number of H-pyrrole nitrogens is 2. The van der Waals surface area contributed by atoms with Gasteiger partial charge in [0.1, 0.15) is 17.3 Å². The van der Waals surface area contributed by atoms with E-state index in [1.54, 1.807) is 0 Å². The molecule has 0 atom stereocenters. The zero-order chi connectivity index (χ0) is 16.8. The van der Waals surface area contributed by atoms with Gasteiger partial charge in [0.15, 0.2) is 0 Å². The Morgan fingerprint density at radius 1 is 1.12 bits per heavy atom. The number of hydrogen-bond donors (Lipinski definition) is 4. The minimum Gasteiger partial charge on any atom is -0.367 e. The van der Waals surface area contributed by atoms with Crippen molar-refractivity contribution in [2.24, 2.45) is 0 Å². The standard InChI is InChI=1S/C18H19N7/c1-10-20-14-6-5-12(9-15(14)21-10)23-18-24-16-13(7-8-19-16)17(25-18)22-11-3-2-4-11/h5-9,11H,2-4H2,1H3,(H,20,21)(H3,19,22,23,24,25). The average Bonchev–Trinajstić information content (AvgIpc) is 3.15. The van der Waals surface area contributed by atoms with Crippen molar-refractivity contribution in [2.75, 3.05) is 10.6 Å². The minimum atomic E-state index is 0.519. The van der Waals surface area contributed by atoms with Crippen molar-refractivity contribution in [3.8, 4) is 0 Å². The van der Waals surface area contributed by atoms with E-state index in [2.05, 4.69) is 30.6 Å². The second-order valence-corrected chi connectivity index (χ2v) is 6.59. The van der Waals surface area contributed by atoms with Crippen molar-refractivity contribution < 1.29 is 0 Å². The Morgan fingerprint density at radius 2 is 2.04 bits per heavy atom. The summed E-state index contributed by atoms with van der Waals surface area (Å²) >= 11 is 0. The van der Waals surface area contributed by atoms with Crippen LogP contribution in [0.15, 0.2) is 30.5 Å². The molecule has 1 fully saturated rings. The van der Waals surface area contributed by atoms with Gasteiger partial charge in [-0.2, -0.15) is 9.97 Å². The van der Waals surface area contributed by atoms with Gasteiger partial charge in [-0.1, -0.05) is 0 Å². The fourth-order valence-electron chi connectivity index (χ4n) is 3.20. The zero-order valence-corrected chi connectivity index (χ0v) is 13.9. The predicted molar refractivity (Wildman–Crippen MR) is 99.3 cm³/mol. The Morgan fingerprint density at radius 3 is 2.88 bits per heavy atom. The summed E-state index contributed by atoms with van der Waals surface area (Å²) in [6, 6.07) is 8.53. The lowest BCUT2D eigenvalue weighted by molar-refractivity contribution is 0.445. The van der Waals surface area contributed by atoms with Crippen LogP contribution in [-0.2, 0) is 0 Å². The molecule has 1 aromatic carbocycles. The summed E-state index contributed by atoms with van der Waals surface area (Å²) in [4.78, 5) is 20.1. The third-order valence-electron chi connectivity index (χ3n) is 4.72. The number of hydrogen-bond acceptors (Lipinski definition) is 5. The van der Waals surface area contributed by atoms with Crippen molar-refractivity contribution in [2.45, 2.75) is 32.2 Å². The van der Waals surface area contributed by atoms with Crippen LogP contribution >= 0.6 is 0 Å². The highest BCUT2D eigenvalue weighted by atomic mass is 15.2. The Bertz CT molecular complexity index is 1060. The minimum absolute atomic E-state index is 0.519. The lowest BCUT2D eigenvalue weighted by atomic mass is 9.93. The second kappa shape index (κ2) is 5.47. The van der Waals surface area contributed by atoms with E-state index in [9.17, 15) is 0 Å². The molecular formula is C18H19N7. The van der Waals surface area contributed by atoms with Crippen LogP contribution in [0.4, 0.5) is 17.5 Å². The van der Waals surface area contributed by atoms with Crippen LogP contribution in [0.1, 0.15) is 25.1 Å². The molecule has 0 radical (unpaired) electrons. The summed E-state index contributed by atoms with van der Waals surface area (Å²) in [6.07, 6.45) is 5.59. The molecule has 7 heteroatoms. The van der Waals surface area contributed by atoms with Crippen molar-refractivity contribution in [1.82, 2.24) is 24.9 Å². The number of imidazole rings is 1. The molecule has 3 aromatic heterocycles. The number of benzene rings is 1. The van der Waals surface area contributed by atoms with Crippen LogP contribution in [0.5, 0.6) is 0 Å². The number of nitrogens with zero attached hydrogens (tertiary/aromatic N) is 3.